The van der Waals surface area contributed by atoms with E-state index in [-0.39, 0.29) is 12.5 Å². The summed E-state index contributed by atoms with van der Waals surface area (Å²) < 4.78 is 0. The number of aryl methyl sites for hydroxylation is 1. The largest absolute Gasteiger partial charge is 0.352 e. The fraction of sp³-hybridized carbons (Fsp3) is 0.389. The molecule has 0 radical (unpaired) electrons. The predicted molar refractivity (Wildman–Crippen MR) is 103 cm³/mol. The Kier molecular flexibility index (Phi) is 7.40. The van der Waals surface area contributed by atoms with Gasteiger partial charge in [-0.15, -0.1) is 11.3 Å². The number of rotatable bonds is 7. The van der Waals surface area contributed by atoms with E-state index in [1.165, 1.54) is 10.4 Å². The average molecular weight is 359 g/mol. The molecule has 0 atom stereocenters. The van der Waals surface area contributed by atoms with Crippen LogP contribution in [-0.4, -0.2) is 48.9 Å². The number of nitrogens with zero attached hydrogens (tertiary/aromatic N) is 3. The van der Waals surface area contributed by atoms with E-state index in [2.05, 4.69) is 39.0 Å². The third kappa shape index (κ3) is 6.19. The van der Waals surface area contributed by atoms with Crippen molar-refractivity contribution in [2.75, 3.05) is 27.2 Å². The van der Waals surface area contributed by atoms with Crippen LogP contribution in [0.25, 0.3) is 0 Å². The first kappa shape index (κ1) is 18.9. The van der Waals surface area contributed by atoms with Crippen molar-refractivity contribution in [3.8, 4) is 0 Å². The standard InChI is InChI=1S/C18H25N5OS/c1-14-8-11-25-16(14)12-21-18(19-2)22-13-17(24)23(3)10-7-15-6-4-5-9-20-15/h4-6,8-9,11H,7,10,12-13H2,1-3H3,(H2,19,21,22). The molecule has 0 spiro atoms. The molecule has 0 unspecified atom stereocenters. The topological polar surface area (TPSA) is 69.6 Å². The van der Waals surface area contributed by atoms with Gasteiger partial charge in [0, 0.05) is 43.8 Å². The van der Waals surface area contributed by atoms with Crippen LogP contribution >= 0.6 is 11.3 Å². The second-order valence-corrected chi connectivity index (χ2v) is 6.69. The van der Waals surface area contributed by atoms with Gasteiger partial charge in [0.1, 0.15) is 0 Å². The molecule has 6 nitrogen and oxygen atoms in total. The number of aromatic nitrogens is 1. The summed E-state index contributed by atoms with van der Waals surface area (Å²) >= 11 is 1.71. The van der Waals surface area contributed by atoms with Gasteiger partial charge in [-0.2, -0.15) is 0 Å². The van der Waals surface area contributed by atoms with Gasteiger partial charge in [-0.1, -0.05) is 6.07 Å². The number of hydrogen-bond acceptors (Lipinski definition) is 4. The summed E-state index contributed by atoms with van der Waals surface area (Å²) in [6, 6.07) is 7.90. The number of carbonyl (C=O) groups is 1. The van der Waals surface area contributed by atoms with Gasteiger partial charge in [-0.05, 0) is 36.1 Å². The van der Waals surface area contributed by atoms with Crippen molar-refractivity contribution in [2.45, 2.75) is 19.9 Å². The van der Waals surface area contributed by atoms with E-state index < -0.39 is 0 Å². The zero-order valence-electron chi connectivity index (χ0n) is 15.0. The molecule has 2 heterocycles. The number of likely N-dealkylation sites (N-methyl/N-ethyl adjacent to an activating group) is 1. The van der Waals surface area contributed by atoms with E-state index in [0.717, 1.165) is 12.1 Å². The molecule has 0 fully saturated rings. The molecule has 2 aromatic heterocycles. The van der Waals surface area contributed by atoms with E-state index in [1.807, 2.05) is 18.2 Å². The maximum absolute atomic E-state index is 12.2. The third-order valence-corrected chi connectivity index (χ3v) is 4.89. The van der Waals surface area contributed by atoms with Crippen LogP contribution in [0.5, 0.6) is 0 Å². The summed E-state index contributed by atoms with van der Waals surface area (Å²) in [6.45, 7) is 3.64. The summed E-state index contributed by atoms with van der Waals surface area (Å²) in [5.74, 6) is 0.644. The van der Waals surface area contributed by atoms with Gasteiger partial charge in [0.15, 0.2) is 5.96 Å². The normalized spacial score (nSPS) is 11.2. The molecule has 134 valence electrons. The molecule has 7 heteroatoms. The van der Waals surface area contributed by atoms with E-state index in [0.29, 0.717) is 19.0 Å². The van der Waals surface area contributed by atoms with Crippen LogP contribution in [0.15, 0.2) is 40.8 Å². The number of nitrogens with one attached hydrogen (secondary N) is 2. The first-order valence-electron chi connectivity index (χ1n) is 8.21. The van der Waals surface area contributed by atoms with Crippen LogP contribution in [0, 0.1) is 6.92 Å². The number of carbonyl (C=O) groups excluding carboxylic acids is 1. The fourth-order valence-electron chi connectivity index (χ4n) is 2.22. The summed E-state index contributed by atoms with van der Waals surface area (Å²) in [5, 5.41) is 8.37. The molecule has 0 bridgehead atoms. The van der Waals surface area contributed by atoms with Gasteiger partial charge < -0.3 is 15.5 Å². The lowest BCUT2D eigenvalue weighted by Crippen LogP contribution is -2.43. The van der Waals surface area contributed by atoms with Gasteiger partial charge in [0.05, 0.1) is 13.1 Å². The lowest BCUT2D eigenvalue weighted by atomic mass is 10.2. The minimum atomic E-state index is 0.0196. The molecule has 0 aliphatic heterocycles. The summed E-state index contributed by atoms with van der Waals surface area (Å²) in [5.41, 5.74) is 2.25. The number of aliphatic imine (C=N–C) groups is 1. The average Bonchev–Trinajstić information content (AvgIpc) is 3.05. The van der Waals surface area contributed by atoms with E-state index in [1.54, 1.807) is 36.5 Å². The van der Waals surface area contributed by atoms with Crippen LogP contribution in [0.1, 0.15) is 16.1 Å². The van der Waals surface area contributed by atoms with E-state index in [9.17, 15) is 4.79 Å². The Morgan fingerprint density at radius 1 is 1.32 bits per heavy atom. The molecular weight excluding hydrogens is 334 g/mol. The fourth-order valence-corrected chi connectivity index (χ4v) is 3.06. The van der Waals surface area contributed by atoms with E-state index >= 15 is 0 Å². The van der Waals surface area contributed by atoms with Crippen LogP contribution < -0.4 is 10.6 Å². The van der Waals surface area contributed by atoms with Crippen LogP contribution in [0.3, 0.4) is 0 Å². The Bertz CT molecular complexity index is 699. The lowest BCUT2D eigenvalue weighted by molar-refractivity contribution is -0.128. The Labute approximate surface area is 153 Å². The summed E-state index contributed by atoms with van der Waals surface area (Å²) in [7, 11) is 3.50. The third-order valence-electron chi connectivity index (χ3n) is 3.87. The molecule has 0 saturated carbocycles. The molecule has 25 heavy (non-hydrogen) atoms. The second-order valence-electron chi connectivity index (χ2n) is 5.69. The van der Waals surface area contributed by atoms with Crippen LogP contribution in [0.2, 0.25) is 0 Å². The Morgan fingerprint density at radius 2 is 2.16 bits per heavy atom. The molecule has 2 N–H and O–H groups in total. The highest BCUT2D eigenvalue weighted by Gasteiger charge is 2.10. The zero-order chi connectivity index (χ0) is 18.1. The molecule has 0 aromatic carbocycles. The van der Waals surface area contributed by atoms with Crippen LogP contribution in [0.4, 0.5) is 0 Å². The van der Waals surface area contributed by atoms with Crippen LogP contribution in [-0.2, 0) is 17.8 Å². The highest BCUT2D eigenvalue weighted by Crippen LogP contribution is 2.14. The minimum Gasteiger partial charge on any atom is -0.352 e. The van der Waals surface area contributed by atoms with Gasteiger partial charge in [0.25, 0.3) is 0 Å². The molecule has 1 amide bonds. The zero-order valence-corrected chi connectivity index (χ0v) is 15.8. The SMILES string of the molecule is CN=C(NCC(=O)N(C)CCc1ccccn1)NCc1sccc1C. The summed E-state index contributed by atoms with van der Waals surface area (Å²) in [4.78, 5) is 23.6. The number of amides is 1. The maximum atomic E-state index is 12.2. The second kappa shape index (κ2) is 9.78. The van der Waals surface area contributed by atoms with Gasteiger partial charge in [0.2, 0.25) is 5.91 Å². The highest BCUT2D eigenvalue weighted by atomic mass is 32.1. The lowest BCUT2D eigenvalue weighted by Gasteiger charge is -2.18. The Morgan fingerprint density at radius 3 is 2.80 bits per heavy atom. The number of thiophene rings is 1. The first-order valence-corrected chi connectivity index (χ1v) is 9.09. The van der Waals surface area contributed by atoms with Crippen molar-refractivity contribution in [2.24, 2.45) is 4.99 Å². The van der Waals surface area contributed by atoms with Gasteiger partial charge in [-0.25, -0.2) is 0 Å². The van der Waals surface area contributed by atoms with E-state index in [4.69, 9.17) is 0 Å². The molecular formula is C18H25N5OS. The van der Waals surface area contributed by atoms with Crippen molar-refractivity contribution in [1.82, 2.24) is 20.5 Å². The predicted octanol–water partition coefficient (Wildman–Crippen LogP) is 1.82. The smallest absolute Gasteiger partial charge is 0.241 e. The van der Waals surface area contributed by atoms with Crippen molar-refractivity contribution < 1.29 is 4.79 Å². The number of pyridine rings is 1. The number of hydrogen-bond donors (Lipinski definition) is 2. The Balaban J connectivity index is 1.72. The molecule has 2 aromatic rings. The van der Waals surface area contributed by atoms with Gasteiger partial charge >= 0.3 is 0 Å². The maximum Gasteiger partial charge on any atom is 0.241 e. The monoisotopic (exact) mass is 359 g/mol. The summed E-state index contributed by atoms with van der Waals surface area (Å²) in [6.07, 6.45) is 2.51. The molecule has 0 aliphatic rings. The number of guanidine groups is 1. The van der Waals surface area contributed by atoms with Crippen molar-refractivity contribution in [1.29, 1.82) is 0 Å². The first-order chi connectivity index (χ1) is 12.1. The van der Waals surface area contributed by atoms with Crippen molar-refractivity contribution in [3.05, 3.63) is 52.0 Å². The molecule has 0 aliphatic carbocycles. The molecule has 2 rings (SSSR count). The Hall–Kier alpha value is -2.41. The highest BCUT2D eigenvalue weighted by molar-refractivity contribution is 7.10. The molecule has 0 saturated heterocycles. The van der Waals surface area contributed by atoms with Gasteiger partial charge in [-0.3, -0.25) is 14.8 Å². The quantitative estimate of drug-likeness (QED) is 0.584. The van der Waals surface area contributed by atoms with Crippen molar-refractivity contribution in [3.63, 3.8) is 0 Å². The van der Waals surface area contributed by atoms with Crippen molar-refractivity contribution >= 4 is 23.2 Å². The minimum absolute atomic E-state index is 0.0196.